The van der Waals surface area contributed by atoms with Gasteiger partial charge in [0.05, 0.1) is 11.7 Å². The van der Waals surface area contributed by atoms with Crippen LogP contribution in [0.1, 0.15) is 40.7 Å². The highest BCUT2D eigenvalue weighted by molar-refractivity contribution is 5.94. The van der Waals surface area contributed by atoms with Crippen LogP contribution in [-0.2, 0) is 22.3 Å². The lowest BCUT2D eigenvalue weighted by atomic mass is 10.1. The number of carbonyl (C=O) groups excluding carboxylic acids is 1. The number of hydrogen-bond acceptors (Lipinski definition) is 4. The molecule has 0 aliphatic heterocycles. The van der Waals surface area contributed by atoms with E-state index in [-0.39, 0.29) is 11.9 Å². The second-order valence-electron chi connectivity index (χ2n) is 6.43. The van der Waals surface area contributed by atoms with Crippen LogP contribution in [0.15, 0.2) is 24.3 Å². The van der Waals surface area contributed by atoms with Crippen molar-refractivity contribution in [3.63, 3.8) is 0 Å². The van der Waals surface area contributed by atoms with Gasteiger partial charge in [0.2, 0.25) is 0 Å². The fourth-order valence-corrected chi connectivity index (χ4v) is 3.47. The molecule has 0 saturated carbocycles. The van der Waals surface area contributed by atoms with Crippen LogP contribution in [0.5, 0.6) is 0 Å². The Balaban J connectivity index is 1.92. The third-order valence-electron chi connectivity index (χ3n) is 4.72. The maximum Gasteiger partial charge on any atom is 0.272 e. The summed E-state index contributed by atoms with van der Waals surface area (Å²) in [5.41, 5.74) is 4.87. The molecule has 6 heteroatoms. The number of aryl methyl sites for hydroxylation is 1. The van der Waals surface area contributed by atoms with Gasteiger partial charge in [-0.3, -0.25) is 4.79 Å². The van der Waals surface area contributed by atoms with Crippen LogP contribution in [-0.4, -0.2) is 42.2 Å². The number of carbonyl (C=O) groups is 1. The van der Waals surface area contributed by atoms with E-state index in [1.54, 1.807) is 14.2 Å². The molecule has 1 aliphatic carbocycles. The predicted molar refractivity (Wildman–Crippen MR) is 95.1 cm³/mol. The minimum absolute atomic E-state index is 0.183. The van der Waals surface area contributed by atoms with Gasteiger partial charge < -0.3 is 14.8 Å². The first-order chi connectivity index (χ1) is 12.1. The van der Waals surface area contributed by atoms with Crippen LogP contribution >= 0.6 is 0 Å². The van der Waals surface area contributed by atoms with Gasteiger partial charge in [-0.05, 0) is 44.7 Å². The maximum absolute atomic E-state index is 12.8. The van der Waals surface area contributed by atoms with E-state index in [2.05, 4.69) is 23.4 Å². The Morgan fingerprint density at radius 3 is 2.64 bits per heavy atom. The Labute approximate surface area is 148 Å². The van der Waals surface area contributed by atoms with Gasteiger partial charge in [-0.15, -0.1) is 0 Å². The second-order valence-corrected chi connectivity index (χ2v) is 6.43. The van der Waals surface area contributed by atoms with Crippen molar-refractivity contribution in [2.45, 2.75) is 45.4 Å². The van der Waals surface area contributed by atoms with Crippen molar-refractivity contribution in [2.24, 2.45) is 0 Å². The molecule has 2 aromatic rings. The quantitative estimate of drug-likeness (QED) is 0.818. The van der Waals surface area contributed by atoms with Crippen LogP contribution in [0, 0.1) is 6.92 Å². The van der Waals surface area contributed by atoms with E-state index < -0.39 is 6.29 Å². The smallest absolute Gasteiger partial charge is 0.272 e. The molecule has 1 heterocycles. The van der Waals surface area contributed by atoms with Gasteiger partial charge in [0.25, 0.3) is 5.91 Å². The van der Waals surface area contributed by atoms with E-state index >= 15 is 0 Å². The molecule has 1 aliphatic rings. The summed E-state index contributed by atoms with van der Waals surface area (Å²) in [5.74, 6) is -0.183. The third kappa shape index (κ3) is 3.32. The molecule has 0 saturated heterocycles. The lowest BCUT2D eigenvalue weighted by Gasteiger charge is -2.21. The summed E-state index contributed by atoms with van der Waals surface area (Å²) in [6.07, 6.45) is 2.39. The van der Waals surface area contributed by atoms with E-state index in [1.807, 2.05) is 29.8 Å². The predicted octanol–water partition coefficient (Wildman–Crippen LogP) is 2.41. The molecule has 1 N–H and O–H groups in total. The number of hydrogen-bond donors (Lipinski definition) is 1. The van der Waals surface area contributed by atoms with Crippen LogP contribution in [0.25, 0.3) is 5.69 Å². The number of ether oxygens (including phenoxy) is 2. The summed E-state index contributed by atoms with van der Waals surface area (Å²) < 4.78 is 12.4. The Hall–Kier alpha value is -2.18. The minimum atomic E-state index is -0.490. The first-order valence-electron chi connectivity index (χ1n) is 8.60. The van der Waals surface area contributed by atoms with Gasteiger partial charge in [-0.2, -0.15) is 5.10 Å². The van der Waals surface area contributed by atoms with E-state index in [0.29, 0.717) is 5.69 Å². The number of methoxy groups -OCH3 is 2. The van der Waals surface area contributed by atoms with E-state index in [9.17, 15) is 4.79 Å². The lowest BCUT2D eigenvalue weighted by molar-refractivity contribution is -0.117. The number of nitrogens with one attached hydrogen (secondary N) is 1. The standard InChI is InChI=1S/C19H25N3O3/c1-12-8-5-6-10-15(12)22-16-11-7-9-14(16)17(21-22)18(23)20-13(2)19(24-3)25-4/h5-6,8,10,13,19H,7,9,11H2,1-4H3,(H,20,23). The van der Waals surface area contributed by atoms with E-state index in [0.717, 1.165) is 41.8 Å². The molecule has 3 rings (SSSR count). The van der Waals surface area contributed by atoms with Gasteiger partial charge >= 0.3 is 0 Å². The zero-order chi connectivity index (χ0) is 18.0. The third-order valence-corrected chi connectivity index (χ3v) is 4.72. The molecule has 1 aromatic heterocycles. The lowest BCUT2D eigenvalue weighted by Crippen LogP contribution is -2.43. The van der Waals surface area contributed by atoms with Crippen molar-refractivity contribution >= 4 is 5.91 Å². The number of benzene rings is 1. The van der Waals surface area contributed by atoms with Crippen LogP contribution in [0.3, 0.4) is 0 Å². The van der Waals surface area contributed by atoms with Gasteiger partial charge in [0.1, 0.15) is 0 Å². The molecular weight excluding hydrogens is 318 g/mol. The molecule has 0 radical (unpaired) electrons. The molecule has 134 valence electrons. The number of para-hydroxylation sites is 1. The summed E-state index contributed by atoms with van der Waals surface area (Å²) in [6.45, 7) is 3.91. The number of nitrogens with zero attached hydrogens (tertiary/aromatic N) is 2. The number of aromatic nitrogens is 2. The minimum Gasteiger partial charge on any atom is -0.354 e. The zero-order valence-corrected chi connectivity index (χ0v) is 15.2. The van der Waals surface area contributed by atoms with Crippen molar-refractivity contribution in [1.82, 2.24) is 15.1 Å². The SMILES string of the molecule is COC(OC)C(C)NC(=O)c1nn(-c2ccccc2C)c2c1CCC2. The Morgan fingerprint density at radius 2 is 1.96 bits per heavy atom. The second kappa shape index (κ2) is 7.37. The first kappa shape index (κ1) is 17.6. The summed E-state index contributed by atoms with van der Waals surface area (Å²) in [7, 11) is 3.11. The van der Waals surface area contributed by atoms with Crippen LogP contribution in [0.4, 0.5) is 0 Å². The van der Waals surface area contributed by atoms with Crippen molar-refractivity contribution < 1.29 is 14.3 Å². The van der Waals surface area contributed by atoms with Crippen molar-refractivity contribution in [3.8, 4) is 5.69 Å². The van der Waals surface area contributed by atoms with Crippen molar-refractivity contribution in [3.05, 3.63) is 46.8 Å². The Bertz CT molecular complexity index is 765. The Kier molecular flexibility index (Phi) is 5.20. The highest BCUT2D eigenvalue weighted by Gasteiger charge is 2.29. The number of amides is 1. The average molecular weight is 343 g/mol. The van der Waals surface area contributed by atoms with Gasteiger partial charge in [-0.25, -0.2) is 4.68 Å². The fraction of sp³-hybridized carbons (Fsp3) is 0.474. The molecule has 1 unspecified atom stereocenters. The maximum atomic E-state index is 12.8. The molecule has 0 bridgehead atoms. The topological polar surface area (TPSA) is 65.4 Å². The van der Waals surface area contributed by atoms with E-state index in [4.69, 9.17) is 9.47 Å². The zero-order valence-electron chi connectivity index (χ0n) is 15.2. The highest BCUT2D eigenvalue weighted by Crippen LogP contribution is 2.28. The molecule has 1 atom stereocenters. The van der Waals surface area contributed by atoms with Crippen molar-refractivity contribution in [2.75, 3.05) is 14.2 Å². The molecule has 1 aromatic carbocycles. The van der Waals surface area contributed by atoms with Gasteiger partial charge in [-0.1, -0.05) is 18.2 Å². The summed E-state index contributed by atoms with van der Waals surface area (Å²) in [4.78, 5) is 12.8. The Morgan fingerprint density at radius 1 is 1.24 bits per heavy atom. The first-order valence-corrected chi connectivity index (χ1v) is 8.60. The average Bonchev–Trinajstić information content (AvgIpc) is 3.19. The largest absolute Gasteiger partial charge is 0.354 e. The molecular formula is C19H25N3O3. The fourth-order valence-electron chi connectivity index (χ4n) is 3.47. The molecule has 0 spiro atoms. The number of fused-ring (bicyclic) bond motifs is 1. The molecule has 0 fully saturated rings. The van der Waals surface area contributed by atoms with Gasteiger partial charge in [0.15, 0.2) is 12.0 Å². The van der Waals surface area contributed by atoms with E-state index in [1.165, 1.54) is 0 Å². The highest BCUT2D eigenvalue weighted by atomic mass is 16.7. The summed E-state index contributed by atoms with van der Waals surface area (Å²) >= 11 is 0. The van der Waals surface area contributed by atoms with Crippen LogP contribution < -0.4 is 5.32 Å². The van der Waals surface area contributed by atoms with Crippen LogP contribution in [0.2, 0.25) is 0 Å². The normalized spacial score (nSPS) is 14.6. The summed E-state index contributed by atoms with van der Waals surface area (Å²) in [5, 5.41) is 7.59. The van der Waals surface area contributed by atoms with Gasteiger partial charge in [0, 0.05) is 25.5 Å². The molecule has 1 amide bonds. The van der Waals surface area contributed by atoms with Crippen molar-refractivity contribution in [1.29, 1.82) is 0 Å². The molecule has 25 heavy (non-hydrogen) atoms. The summed E-state index contributed by atoms with van der Waals surface area (Å²) in [6, 6.07) is 7.82. The monoisotopic (exact) mass is 343 g/mol. The number of rotatable bonds is 6. The molecule has 6 nitrogen and oxygen atoms in total.